The summed E-state index contributed by atoms with van der Waals surface area (Å²) in [6.45, 7) is 0. The van der Waals surface area contributed by atoms with Crippen molar-refractivity contribution in [2.75, 3.05) is 7.11 Å². The van der Waals surface area contributed by atoms with E-state index in [9.17, 15) is 0 Å². The fraction of sp³-hybridized carbons (Fsp3) is 0.333. The number of hydrogen-bond acceptors (Lipinski definition) is 4. The van der Waals surface area contributed by atoms with E-state index in [1.165, 1.54) is 0 Å². The number of pyridine rings is 1. The molecule has 2 aromatic heterocycles. The molecule has 1 atom stereocenters. The van der Waals surface area contributed by atoms with Crippen molar-refractivity contribution in [1.29, 1.82) is 0 Å². The molecule has 17 heavy (non-hydrogen) atoms. The number of nitrogens with two attached hydrogens (primary N) is 1. The second kappa shape index (κ2) is 4.97. The maximum Gasteiger partial charge on any atom is 0.212 e. The van der Waals surface area contributed by atoms with Gasteiger partial charge in [-0.1, -0.05) is 6.07 Å². The quantitative estimate of drug-likeness (QED) is 0.856. The van der Waals surface area contributed by atoms with Gasteiger partial charge in [-0.3, -0.25) is 4.68 Å². The van der Waals surface area contributed by atoms with Gasteiger partial charge < -0.3 is 10.5 Å². The normalized spacial score (nSPS) is 12.4. The molecule has 0 fully saturated rings. The third kappa shape index (κ3) is 2.82. The Bertz CT molecular complexity index is 478. The molecule has 2 N–H and O–H groups in total. The zero-order valence-electron chi connectivity index (χ0n) is 10.00. The zero-order chi connectivity index (χ0) is 12.3. The van der Waals surface area contributed by atoms with Crippen molar-refractivity contribution < 1.29 is 4.74 Å². The zero-order valence-corrected chi connectivity index (χ0v) is 10.00. The van der Waals surface area contributed by atoms with Gasteiger partial charge in [0.25, 0.3) is 0 Å². The molecular weight excluding hydrogens is 216 g/mol. The SMILES string of the molecule is COc1ccc(CC(N)c2ccn(C)n2)cn1. The van der Waals surface area contributed by atoms with Crippen molar-refractivity contribution in [3.63, 3.8) is 0 Å². The van der Waals surface area contributed by atoms with Gasteiger partial charge in [-0.05, 0) is 18.1 Å². The van der Waals surface area contributed by atoms with E-state index in [2.05, 4.69) is 10.1 Å². The van der Waals surface area contributed by atoms with Crippen LogP contribution in [0.25, 0.3) is 0 Å². The molecule has 0 saturated carbocycles. The molecule has 0 spiro atoms. The molecule has 2 heterocycles. The minimum atomic E-state index is -0.105. The van der Waals surface area contributed by atoms with Crippen molar-refractivity contribution in [2.24, 2.45) is 12.8 Å². The molecule has 0 amide bonds. The van der Waals surface area contributed by atoms with Gasteiger partial charge in [0.1, 0.15) is 0 Å². The van der Waals surface area contributed by atoms with Gasteiger partial charge in [0.2, 0.25) is 5.88 Å². The van der Waals surface area contributed by atoms with Crippen LogP contribution in [0.15, 0.2) is 30.6 Å². The van der Waals surface area contributed by atoms with Crippen LogP contribution >= 0.6 is 0 Å². The molecule has 2 rings (SSSR count). The Kier molecular flexibility index (Phi) is 3.39. The minimum Gasteiger partial charge on any atom is -0.481 e. The van der Waals surface area contributed by atoms with Crippen molar-refractivity contribution in [3.8, 4) is 5.88 Å². The first-order valence-electron chi connectivity index (χ1n) is 5.43. The summed E-state index contributed by atoms with van der Waals surface area (Å²) in [5.41, 5.74) is 8.04. The van der Waals surface area contributed by atoms with Gasteiger partial charge >= 0.3 is 0 Å². The van der Waals surface area contributed by atoms with Crippen LogP contribution in [0, 0.1) is 0 Å². The molecule has 2 aromatic rings. The summed E-state index contributed by atoms with van der Waals surface area (Å²) < 4.78 is 6.76. The molecule has 0 bridgehead atoms. The van der Waals surface area contributed by atoms with Crippen molar-refractivity contribution in [2.45, 2.75) is 12.5 Å². The van der Waals surface area contributed by atoms with Gasteiger partial charge in [0.05, 0.1) is 18.8 Å². The average molecular weight is 232 g/mol. The van der Waals surface area contributed by atoms with Crippen LogP contribution in [-0.2, 0) is 13.5 Å². The molecule has 0 saturated heterocycles. The van der Waals surface area contributed by atoms with E-state index in [0.29, 0.717) is 12.3 Å². The fourth-order valence-electron chi connectivity index (χ4n) is 1.64. The molecule has 5 heteroatoms. The number of ether oxygens (including phenoxy) is 1. The Labute approximate surface area is 100 Å². The highest BCUT2D eigenvalue weighted by molar-refractivity contribution is 5.20. The Hall–Kier alpha value is -1.88. The van der Waals surface area contributed by atoms with Gasteiger partial charge in [-0.25, -0.2) is 4.98 Å². The van der Waals surface area contributed by atoms with E-state index in [0.717, 1.165) is 11.3 Å². The number of hydrogen-bond donors (Lipinski definition) is 1. The van der Waals surface area contributed by atoms with Crippen molar-refractivity contribution in [3.05, 3.63) is 41.9 Å². The smallest absolute Gasteiger partial charge is 0.212 e. The molecule has 0 aliphatic rings. The van der Waals surface area contributed by atoms with Crippen LogP contribution in [0.2, 0.25) is 0 Å². The predicted molar refractivity (Wildman–Crippen MR) is 64.6 cm³/mol. The van der Waals surface area contributed by atoms with Crippen molar-refractivity contribution in [1.82, 2.24) is 14.8 Å². The summed E-state index contributed by atoms with van der Waals surface area (Å²) >= 11 is 0. The summed E-state index contributed by atoms with van der Waals surface area (Å²) in [6, 6.07) is 5.63. The monoisotopic (exact) mass is 232 g/mol. The topological polar surface area (TPSA) is 66.0 Å². The summed E-state index contributed by atoms with van der Waals surface area (Å²) in [4.78, 5) is 4.15. The lowest BCUT2D eigenvalue weighted by Crippen LogP contribution is -2.14. The third-order valence-corrected chi connectivity index (χ3v) is 2.58. The van der Waals surface area contributed by atoms with Gasteiger partial charge in [-0.15, -0.1) is 0 Å². The molecule has 1 unspecified atom stereocenters. The van der Waals surface area contributed by atoms with E-state index in [1.807, 2.05) is 31.4 Å². The first-order valence-corrected chi connectivity index (χ1v) is 5.43. The molecule has 0 aliphatic carbocycles. The Morgan fingerprint density at radius 3 is 2.76 bits per heavy atom. The van der Waals surface area contributed by atoms with Gasteiger partial charge in [0.15, 0.2) is 0 Å². The van der Waals surface area contributed by atoms with Gasteiger partial charge in [0, 0.05) is 25.5 Å². The molecule has 0 aliphatic heterocycles. The first-order chi connectivity index (χ1) is 8.19. The summed E-state index contributed by atoms with van der Waals surface area (Å²) in [5.74, 6) is 0.611. The number of aryl methyl sites for hydroxylation is 1. The third-order valence-electron chi connectivity index (χ3n) is 2.58. The molecule has 5 nitrogen and oxygen atoms in total. The highest BCUT2D eigenvalue weighted by Crippen LogP contribution is 2.15. The van der Waals surface area contributed by atoms with E-state index in [-0.39, 0.29) is 6.04 Å². The largest absolute Gasteiger partial charge is 0.481 e. The number of rotatable bonds is 4. The van der Waals surface area contributed by atoms with Crippen LogP contribution in [-0.4, -0.2) is 21.9 Å². The van der Waals surface area contributed by atoms with Crippen LogP contribution in [0.3, 0.4) is 0 Å². The summed E-state index contributed by atoms with van der Waals surface area (Å²) in [7, 11) is 3.48. The molecular formula is C12H16N4O. The molecule has 0 aromatic carbocycles. The Morgan fingerprint density at radius 1 is 1.41 bits per heavy atom. The second-order valence-electron chi connectivity index (χ2n) is 3.93. The highest BCUT2D eigenvalue weighted by atomic mass is 16.5. The maximum atomic E-state index is 6.08. The van der Waals surface area contributed by atoms with Gasteiger partial charge in [-0.2, -0.15) is 5.10 Å². The van der Waals surface area contributed by atoms with E-state index in [4.69, 9.17) is 10.5 Å². The van der Waals surface area contributed by atoms with Crippen molar-refractivity contribution >= 4 is 0 Å². The Balaban J connectivity index is 2.04. The number of methoxy groups -OCH3 is 1. The lowest BCUT2D eigenvalue weighted by molar-refractivity contribution is 0.397. The second-order valence-corrected chi connectivity index (χ2v) is 3.93. The minimum absolute atomic E-state index is 0.105. The first kappa shape index (κ1) is 11.6. The van der Waals surface area contributed by atoms with E-state index < -0.39 is 0 Å². The lowest BCUT2D eigenvalue weighted by atomic mass is 10.1. The standard InChI is InChI=1S/C12H16N4O/c1-16-6-5-11(15-16)10(13)7-9-3-4-12(17-2)14-8-9/h3-6,8,10H,7,13H2,1-2H3. The highest BCUT2D eigenvalue weighted by Gasteiger charge is 2.10. The molecule has 90 valence electrons. The number of aromatic nitrogens is 3. The summed E-state index contributed by atoms with van der Waals surface area (Å²) in [6.07, 6.45) is 4.39. The Morgan fingerprint density at radius 2 is 2.24 bits per heavy atom. The fourth-order valence-corrected chi connectivity index (χ4v) is 1.64. The van der Waals surface area contributed by atoms with Crippen LogP contribution < -0.4 is 10.5 Å². The predicted octanol–water partition coefficient (Wildman–Crippen LogP) is 1.07. The van der Waals surface area contributed by atoms with Crippen LogP contribution in [0.4, 0.5) is 0 Å². The maximum absolute atomic E-state index is 6.08. The number of nitrogens with zero attached hydrogens (tertiary/aromatic N) is 3. The average Bonchev–Trinajstić information content (AvgIpc) is 2.77. The van der Waals surface area contributed by atoms with Crippen LogP contribution in [0.5, 0.6) is 5.88 Å². The van der Waals surface area contributed by atoms with Crippen LogP contribution in [0.1, 0.15) is 17.3 Å². The summed E-state index contributed by atoms with van der Waals surface area (Å²) in [5, 5.41) is 4.29. The van der Waals surface area contributed by atoms with E-state index in [1.54, 1.807) is 18.0 Å². The lowest BCUT2D eigenvalue weighted by Gasteiger charge is -2.08. The molecule has 0 radical (unpaired) electrons. The van der Waals surface area contributed by atoms with E-state index >= 15 is 0 Å².